The summed E-state index contributed by atoms with van der Waals surface area (Å²) in [5.74, 6) is -1.13. The number of pyridine rings is 1. The molecule has 0 radical (unpaired) electrons. The van der Waals surface area contributed by atoms with Crippen LogP contribution >= 0.6 is 0 Å². The first-order valence-corrected chi connectivity index (χ1v) is 7.36. The van der Waals surface area contributed by atoms with Crippen LogP contribution in [0.4, 0.5) is 5.69 Å². The number of aryl methyl sites for hydroxylation is 1. The molecular weight excluding hydrogens is 310 g/mol. The fraction of sp³-hybridized carbons (Fsp3) is 0.294. The second-order valence-electron chi connectivity index (χ2n) is 5.44. The largest absolute Gasteiger partial charge is 0.465 e. The molecule has 2 N–H and O–H groups in total. The molecule has 2 rings (SSSR count). The number of carbonyl (C=O) groups excluding carboxylic acids is 3. The Balaban J connectivity index is 2.30. The molecule has 0 spiro atoms. The van der Waals surface area contributed by atoms with Crippen LogP contribution in [0, 0.1) is 13.8 Å². The summed E-state index contributed by atoms with van der Waals surface area (Å²) in [5.41, 5.74) is 2.82. The van der Waals surface area contributed by atoms with E-state index in [1.54, 1.807) is 25.4 Å². The van der Waals surface area contributed by atoms with Crippen molar-refractivity contribution in [2.24, 2.45) is 0 Å². The topological polar surface area (TPSA) is 101 Å². The van der Waals surface area contributed by atoms with Gasteiger partial charge in [0, 0.05) is 18.8 Å². The van der Waals surface area contributed by atoms with E-state index in [0.717, 1.165) is 5.56 Å². The molecule has 2 heterocycles. The van der Waals surface area contributed by atoms with Crippen molar-refractivity contribution in [2.45, 2.75) is 27.2 Å². The van der Waals surface area contributed by atoms with Gasteiger partial charge in [0.15, 0.2) is 5.78 Å². The van der Waals surface area contributed by atoms with Crippen LogP contribution < -0.4 is 5.32 Å². The van der Waals surface area contributed by atoms with Crippen molar-refractivity contribution in [3.05, 3.63) is 46.5 Å². The maximum atomic E-state index is 12.3. The van der Waals surface area contributed by atoms with Gasteiger partial charge in [-0.3, -0.25) is 14.6 Å². The number of amides is 1. The van der Waals surface area contributed by atoms with Crippen molar-refractivity contribution in [2.75, 3.05) is 12.4 Å². The van der Waals surface area contributed by atoms with Gasteiger partial charge in [-0.2, -0.15) is 0 Å². The summed E-state index contributed by atoms with van der Waals surface area (Å²) >= 11 is 0. The number of aromatic nitrogens is 2. The van der Waals surface area contributed by atoms with Crippen molar-refractivity contribution >= 4 is 23.3 Å². The first-order chi connectivity index (χ1) is 11.3. The van der Waals surface area contributed by atoms with Crippen LogP contribution in [-0.4, -0.2) is 34.7 Å². The highest BCUT2D eigenvalue weighted by Gasteiger charge is 2.24. The molecule has 7 heteroatoms. The van der Waals surface area contributed by atoms with Crippen molar-refractivity contribution in [1.29, 1.82) is 0 Å². The molecule has 0 unspecified atom stereocenters. The molecule has 0 aliphatic carbocycles. The second-order valence-corrected chi connectivity index (χ2v) is 5.44. The molecule has 0 atom stereocenters. The third-order valence-electron chi connectivity index (χ3n) is 3.72. The molecule has 0 saturated heterocycles. The Labute approximate surface area is 139 Å². The predicted molar refractivity (Wildman–Crippen MR) is 88.2 cm³/mol. The fourth-order valence-electron chi connectivity index (χ4n) is 2.47. The van der Waals surface area contributed by atoms with E-state index in [4.69, 9.17) is 4.74 Å². The maximum absolute atomic E-state index is 12.3. The van der Waals surface area contributed by atoms with Gasteiger partial charge in [0.1, 0.15) is 0 Å². The molecule has 0 bridgehead atoms. The number of nitrogens with one attached hydrogen (secondary N) is 2. The smallest absolute Gasteiger partial charge is 0.339 e. The minimum Gasteiger partial charge on any atom is -0.465 e. The number of ketones is 1. The molecule has 2 aromatic heterocycles. The SMILES string of the molecule is COC(=O)c1c(CC(=O)Nc2cnccc2C)[nH]c(C(C)=O)c1C. The molecule has 7 nitrogen and oxygen atoms in total. The Morgan fingerprint density at radius 1 is 1.29 bits per heavy atom. The molecule has 0 aliphatic rings. The standard InChI is InChI=1S/C17H19N3O4/c1-9-5-6-18-8-13(9)19-14(22)7-12-15(17(23)24-4)10(2)16(20-12)11(3)21/h5-6,8,20H,7H2,1-4H3,(H,19,22). The lowest BCUT2D eigenvalue weighted by Crippen LogP contribution is -2.17. The van der Waals surface area contributed by atoms with Crippen molar-refractivity contribution in [1.82, 2.24) is 9.97 Å². The van der Waals surface area contributed by atoms with Gasteiger partial charge in [-0.05, 0) is 31.0 Å². The summed E-state index contributed by atoms with van der Waals surface area (Å²) < 4.78 is 4.76. The number of carbonyl (C=O) groups is 3. The lowest BCUT2D eigenvalue weighted by Gasteiger charge is -2.08. The van der Waals surface area contributed by atoms with E-state index in [9.17, 15) is 14.4 Å². The predicted octanol–water partition coefficient (Wildman–Crippen LogP) is 2.20. The van der Waals surface area contributed by atoms with Crippen LogP contribution in [0.3, 0.4) is 0 Å². The van der Waals surface area contributed by atoms with Crippen molar-refractivity contribution in [3.8, 4) is 0 Å². The van der Waals surface area contributed by atoms with Crippen LogP contribution in [-0.2, 0) is 16.0 Å². The van der Waals surface area contributed by atoms with E-state index in [1.807, 2.05) is 6.92 Å². The van der Waals surface area contributed by atoms with Gasteiger partial charge in [0.05, 0.1) is 36.7 Å². The Kier molecular flexibility index (Phi) is 5.13. The number of rotatable bonds is 5. The highest BCUT2D eigenvalue weighted by atomic mass is 16.5. The van der Waals surface area contributed by atoms with E-state index < -0.39 is 5.97 Å². The van der Waals surface area contributed by atoms with Crippen LogP contribution in [0.25, 0.3) is 0 Å². The van der Waals surface area contributed by atoms with Gasteiger partial charge < -0.3 is 15.0 Å². The zero-order chi connectivity index (χ0) is 17.9. The van der Waals surface area contributed by atoms with Gasteiger partial charge in [-0.25, -0.2) is 4.79 Å². The quantitative estimate of drug-likeness (QED) is 0.647. The Morgan fingerprint density at radius 3 is 2.58 bits per heavy atom. The van der Waals surface area contributed by atoms with Crippen LogP contribution in [0.15, 0.2) is 18.5 Å². The summed E-state index contributed by atoms with van der Waals surface area (Å²) in [4.78, 5) is 42.8. The van der Waals surface area contributed by atoms with E-state index >= 15 is 0 Å². The molecule has 24 heavy (non-hydrogen) atoms. The molecule has 0 fully saturated rings. The maximum Gasteiger partial charge on any atom is 0.339 e. The molecule has 0 saturated carbocycles. The molecule has 0 aliphatic heterocycles. The van der Waals surface area contributed by atoms with Crippen molar-refractivity contribution < 1.29 is 19.1 Å². The molecule has 126 valence electrons. The van der Waals surface area contributed by atoms with Gasteiger partial charge in [-0.1, -0.05) is 0 Å². The average Bonchev–Trinajstić information content (AvgIpc) is 2.85. The van der Waals surface area contributed by atoms with Gasteiger partial charge in [0.25, 0.3) is 0 Å². The van der Waals surface area contributed by atoms with E-state index in [-0.39, 0.29) is 23.7 Å². The normalized spacial score (nSPS) is 10.3. The zero-order valence-corrected chi connectivity index (χ0v) is 14.0. The van der Waals surface area contributed by atoms with Crippen molar-refractivity contribution in [3.63, 3.8) is 0 Å². The third kappa shape index (κ3) is 3.51. The lowest BCUT2D eigenvalue weighted by molar-refractivity contribution is -0.115. The van der Waals surface area contributed by atoms with E-state index in [0.29, 0.717) is 22.6 Å². The number of Topliss-reactive ketones (excluding diaryl/α,β-unsaturated/α-hetero) is 1. The minimum absolute atomic E-state index is 0.0904. The summed E-state index contributed by atoms with van der Waals surface area (Å²) in [6, 6.07) is 1.78. The molecule has 2 aromatic rings. The zero-order valence-electron chi connectivity index (χ0n) is 14.0. The van der Waals surface area contributed by atoms with Gasteiger partial charge >= 0.3 is 5.97 Å². The first kappa shape index (κ1) is 17.4. The number of aromatic amines is 1. The minimum atomic E-state index is -0.586. The highest BCUT2D eigenvalue weighted by Crippen LogP contribution is 2.21. The number of nitrogens with zero attached hydrogens (tertiary/aromatic N) is 1. The monoisotopic (exact) mass is 329 g/mol. The summed E-state index contributed by atoms with van der Waals surface area (Å²) in [7, 11) is 1.26. The number of H-pyrrole nitrogens is 1. The van der Waals surface area contributed by atoms with Crippen LogP contribution in [0.5, 0.6) is 0 Å². The van der Waals surface area contributed by atoms with E-state index in [1.165, 1.54) is 14.0 Å². The molecule has 0 aromatic carbocycles. The number of methoxy groups -OCH3 is 1. The summed E-state index contributed by atoms with van der Waals surface area (Å²) in [5, 5.41) is 2.74. The Morgan fingerprint density at radius 2 is 2.00 bits per heavy atom. The van der Waals surface area contributed by atoms with Gasteiger partial charge in [0.2, 0.25) is 5.91 Å². The summed E-state index contributed by atoms with van der Waals surface area (Å²) in [6.45, 7) is 4.89. The number of esters is 1. The van der Waals surface area contributed by atoms with Gasteiger partial charge in [-0.15, -0.1) is 0 Å². The third-order valence-corrected chi connectivity index (χ3v) is 3.72. The number of hydrogen-bond acceptors (Lipinski definition) is 5. The Hall–Kier alpha value is -2.96. The highest BCUT2D eigenvalue weighted by molar-refractivity contribution is 6.02. The number of ether oxygens (including phenoxy) is 1. The van der Waals surface area contributed by atoms with Crippen LogP contribution in [0.2, 0.25) is 0 Å². The first-order valence-electron chi connectivity index (χ1n) is 7.36. The average molecular weight is 329 g/mol. The van der Waals surface area contributed by atoms with Crippen LogP contribution in [0.1, 0.15) is 44.6 Å². The second kappa shape index (κ2) is 7.08. The summed E-state index contributed by atoms with van der Waals surface area (Å²) in [6.07, 6.45) is 3.09. The lowest BCUT2D eigenvalue weighted by atomic mass is 10.1. The number of hydrogen-bond donors (Lipinski definition) is 2. The molecular formula is C17H19N3O4. The van der Waals surface area contributed by atoms with E-state index in [2.05, 4.69) is 15.3 Å². The Bertz CT molecular complexity index is 808. The fourth-order valence-corrected chi connectivity index (χ4v) is 2.47. The molecule has 1 amide bonds. The number of anilines is 1.